The summed E-state index contributed by atoms with van der Waals surface area (Å²) < 4.78 is 0. The first-order chi connectivity index (χ1) is 15.7. The molecule has 6 aromatic rings. The second kappa shape index (κ2) is 7.13. The van der Waals surface area contributed by atoms with Crippen molar-refractivity contribution in [3.63, 3.8) is 0 Å². The minimum Gasteiger partial charge on any atom is -0.322 e. The third-order valence-corrected chi connectivity index (χ3v) is 5.89. The van der Waals surface area contributed by atoms with Gasteiger partial charge in [-0.2, -0.15) is 0 Å². The number of nitrogens with zero attached hydrogens (tertiary/aromatic N) is 2. The van der Waals surface area contributed by atoms with Crippen LogP contribution in [-0.4, -0.2) is 15.9 Å². The molecule has 0 aliphatic rings. The number of nitrogens with one attached hydrogen (secondary N) is 1. The molecule has 0 saturated heterocycles. The predicted octanol–water partition coefficient (Wildman–Crippen LogP) is 6.65. The highest BCUT2D eigenvalue weighted by Crippen LogP contribution is 2.34. The van der Waals surface area contributed by atoms with E-state index in [0.29, 0.717) is 11.1 Å². The van der Waals surface area contributed by atoms with Crippen molar-refractivity contribution >= 4 is 55.2 Å². The molecule has 4 nitrogen and oxygen atoms in total. The zero-order chi connectivity index (χ0) is 21.7. The summed E-state index contributed by atoms with van der Waals surface area (Å²) in [5.74, 6) is -0.166. The molecule has 0 unspecified atom stereocenters. The maximum Gasteiger partial charge on any atom is 0.255 e. The van der Waals surface area contributed by atoms with E-state index in [2.05, 4.69) is 29.6 Å². The fourth-order valence-corrected chi connectivity index (χ4v) is 4.26. The van der Waals surface area contributed by atoms with Crippen molar-refractivity contribution in [1.29, 1.82) is 0 Å². The maximum absolute atomic E-state index is 12.8. The summed E-state index contributed by atoms with van der Waals surface area (Å²) in [4.78, 5) is 22.8. The van der Waals surface area contributed by atoms with Gasteiger partial charge in [-0.3, -0.25) is 4.79 Å². The van der Waals surface area contributed by atoms with Gasteiger partial charge in [0.05, 0.1) is 22.1 Å². The zero-order valence-electron chi connectivity index (χ0n) is 17.5. The van der Waals surface area contributed by atoms with Gasteiger partial charge >= 0.3 is 0 Å². The van der Waals surface area contributed by atoms with Gasteiger partial charge in [0, 0.05) is 22.0 Å². The molecule has 0 atom stereocenters. The second-order valence-electron chi connectivity index (χ2n) is 8.04. The molecule has 1 heterocycles. The van der Waals surface area contributed by atoms with Gasteiger partial charge in [-0.05, 0) is 48.0 Å². The molecular weight excluding hydrogens is 394 g/mol. The van der Waals surface area contributed by atoms with E-state index in [1.807, 2.05) is 67.6 Å². The molecule has 0 bridgehead atoms. The molecule has 0 radical (unpaired) electrons. The van der Waals surface area contributed by atoms with Crippen molar-refractivity contribution in [2.45, 2.75) is 6.92 Å². The van der Waals surface area contributed by atoms with Crippen molar-refractivity contribution in [2.75, 3.05) is 5.32 Å². The molecule has 5 aromatic carbocycles. The Morgan fingerprint density at radius 2 is 1.22 bits per heavy atom. The number of fused-ring (bicyclic) bond motifs is 7. The predicted molar refractivity (Wildman–Crippen MR) is 131 cm³/mol. The lowest BCUT2D eigenvalue weighted by molar-refractivity contribution is 0.102. The van der Waals surface area contributed by atoms with Gasteiger partial charge in [0.25, 0.3) is 5.91 Å². The summed E-state index contributed by atoms with van der Waals surface area (Å²) in [5, 5.41) is 7.41. The topological polar surface area (TPSA) is 54.9 Å². The highest BCUT2D eigenvalue weighted by Gasteiger charge is 2.13. The lowest BCUT2D eigenvalue weighted by Crippen LogP contribution is -2.11. The van der Waals surface area contributed by atoms with Crippen LogP contribution < -0.4 is 5.32 Å². The molecule has 0 aliphatic heterocycles. The van der Waals surface area contributed by atoms with Gasteiger partial charge in [-0.25, -0.2) is 9.97 Å². The standard InChI is InChI=1S/C28H19N3O/c1-17-10-13-19(14-11-17)29-28(32)18-12-15-24-25(16-18)31-27-23-9-5-3-7-21(23)20-6-2-4-8-22(20)26(27)30-24/h2-16H,1H3,(H,29,32). The van der Waals surface area contributed by atoms with E-state index in [4.69, 9.17) is 9.97 Å². The Hall–Kier alpha value is -4.31. The number of hydrogen-bond acceptors (Lipinski definition) is 3. The first-order valence-corrected chi connectivity index (χ1v) is 10.6. The average Bonchev–Trinajstić information content (AvgIpc) is 2.84. The number of amides is 1. The molecule has 0 saturated carbocycles. The first-order valence-electron chi connectivity index (χ1n) is 10.6. The van der Waals surface area contributed by atoms with Crippen LogP contribution >= 0.6 is 0 Å². The number of rotatable bonds is 2. The molecule has 0 aliphatic carbocycles. The summed E-state index contributed by atoms with van der Waals surface area (Å²) in [6.07, 6.45) is 0. The molecule has 0 fully saturated rings. The minimum absolute atomic E-state index is 0.166. The van der Waals surface area contributed by atoms with Gasteiger partial charge in [0.1, 0.15) is 0 Å². The van der Waals surface area contributed by atoms with Crippen molar-refractivity contribution in [1.82, 2.24) is 9.97 Å². The van der Waals surface area contributed by atoms with E-state index in [0.717, 1.165) is 44.0 Å². The van der Waals surface area contributed by atoms with E-state index in [-0.39, 0.29) is 5.91 Å². The Balaban J connectivity index is 1.53. The maximum atomic E-state index is 12.8. The average molecular weight is 413 g/mol. The van der Waals surface area contributed by atoms with Crippen molar-refractivity contribution in [3.8, 4) is 0 Å². The molecule has 1 aromatic heterocycles. The Kier molecular flexibility index (Phi) is 4.12. The normalized spacial score (nSPS) is 11.4. The van der Waals surface area contributed by atoms with Crippen LogP contribution in [0.1, 0.15) is 15.9 Å². The summed E-state index contributed by atoms with van der Waals surface area (Å²) in [6, 6.07) is 29.8. The second-order valence-corrected chi connectivity index (χ2v) is 8.04. The van der Waals surface area contributed by atoms with Gasteiger partial charge < -0.3 is 5.32 Å². The third-order valence-electron chi connectivity index (χ3n) is 5.89. The monoisotopic (exact) mass is 413 g/mol. The molecule has 1 amide bonds. The van der Waals surface area contributed by atoms with Crippen LogP contribution in [-0.2, 0) is 0 Å². The van der Waals surface area contributed by atoms with Crippen molar-refractivity contribution in [2.24, 2.45) is 0 Å². The first kappa shape index (κ1) is 18.5. The largest absolute Gasteiger partial charge is 0.322 e. The Morgan fingerprint density at radius 1 is 0.656 bits per heavy atom. The molecule has 6 rings (SSSR count). The van der Waals surface area contributed by atoms with E-state index in [1.54, 1.807) is 6.07 Å². The number of benzene rings is 5. The molecule has 4 heteroatoms. The van der Waals surface area contributed by atoms with E-state index < -0.39 is 0 Å². The van der Waals surface area contributed by atoms with E-state index in [9.17, 15) is 4.79 Å². The van der Waals surface area contributed by atoms with Crippen LogP contribution in [0.2, 0.25) is 0 Å². The number of carbonyl (C=O) groups excluding carboxylic acids is 1. The molecule has 1 N–H and O–H groups in total. The smallest absolute Gasteiger partial charge is 0.255 e. The fraction of sp³-hybridized carbons (Fsp3) is 0.0357. The van der Waals surface area contributed by atoms with E-state index >= 15 is 0 Å². The van der Waals surface area contributed by atoms with Crippen LogP contribution in [0, 0.1) is 6.92 Å². The van der Waals surface area contributed by atoms with E-state index in [1.165, 1.54) is 5.39 Å². The highest BCUT2D eigenvalue weighted by atomic mass is 16.1. The van der Waals surface area contributed by atoms with Gasteiger partial charge in [-0.1, -0.05) is 66.2 Å². The Bertz CT molecular complexity index is 1670. The summed E-state index contributed by atoms with van der Waals surface area (Å²) in [5.41, 5.74) is 5.67. The summed E-state index contributed by atoms with van der Waals surface area (Å²) in [6.45, 7) is 2.02. The van der Waals surface area contributed by atoms with Crippen LogP contribution in [0.5, 0.6) is 0 Å². The number of hydrogen-bond donors (Lipinski definition) is 1. The minimum atomic E-state index is -0.166. The molecule has 0 spiro atoms. The van der Waals surface area contributed by atoms with Crippen molar-refractivity contribution < 1.29 is 4.79 Å². The number of aromatic nitrogens is 2. The van der Waals surface area contributed by atoms with Crippen LogP contribution in [0.3, 0.4) is 0 Å². The zero-order valence-corrected chi connectivity index (χ0v) is 17.5. The van der Waals surface area contributed by atoms with Gasteiger partial charge in [0.2, 0.25) is 0 Å². The molecule has 32 heavy (non-hydrogen) atoms. The fourth-order valence-electron chi connectivity index (χ4n) is 4.26. The number of anilines is 1. The Morgan fingerprint density at radius 3 is 1.84 bits per heavy atom. The number of aryl methyl sites for hydroxylation is 1. The highest BCUT2D eigenvalue weighted by molar-refractivity contribution is 6.23. The van der Waals surface area contributed by atoms with Crippen LogP contribution in [0.25, 0.3) is 43.6 Å². The summed E-state index contributed by atoms with van der Waals surface area (Å²) in [7, 11) is 0. The quantitative estimate of drug-likeness (QED) is 0.255. The summed E-state index contributed by atoms with van der Waals surface area (Å²) >= 11 is 0. The van der Waals surface area contributed by atoms with Gasteiger partial charge in [-0.15, -0.1) is 0 Å². The lowest BCUT2D eigenvalue weighted by atomic mass is 9.99. The van der Waals surface area contributed by atoms with Gasteiger partial charge in [0.15, 0.2) is 0 Å². The SMILES string of the molecule is Cc1ccc(NC(=O)c2ccc3nc4c5ccccc5c5ccccc5c4nc3c2)cc1. The molecular formula is C28H19N3O. The Labute approximate surface area is 184 Å². The van der Waals surface area contributed by atoms with Crippen LogP contribution in [0.15, 0.2) is 91.0 Å². The third kappa shape index (κ3) is 2.96. The van der Waals surface area contributed by atoms with Crippen molar-refractivity contribution in [3.05, 3.63) is 102 Å². The number of carbonyl (C=O) groups is 1. The van der Waals surface area contributed by atoms with Crippen LogP contribution in [0.4, 0.5) is 5.69 Å². The lowest BCUT2D eigenvalue weighted by Gasteiger charge is -2.11. The molecule has 152 valence electrons.